The fourth-order valence-corrected chi connectivity index (χ4v) is 3.63. The molecule has 3 aromatic rings. The molecule has 1 amide bonds. The van der Waals surface area contributed by atoms with E-state index < -0.39 is 0 Å². The zero-order valence-corrected chi connectivity index (χ0v) is 14.9. The van der Waals surface area contributed by atoms with Gasteiger partial charge in [-0.3, -0.25) is 4.79 Å². The maximum atomic E-state index is 11.4. The summed E-state index contributed by atoms with van der Waals surface area (Å²) in [6, 6.07) is 16.4. The van der Waals surface area contributed by atoms with E-state index in [0.717, 1.165) is 36.0 Å². The standard InChI is InChI=1S/C21H23N3O2/c1-26-17-8-6-16(7-9-17)21(10-11-21)23-12-15-13-24(14-20(22)25)19-5-3-2-4-18(15)19/h2-9,13,23H,10-12,14H2,1H3,(H2,22,25). The van der Waals surface area contributed by atoms with E-state index in [9.17, 15) is 4.79 Å². The van der Waals surface area contributed by atoms with E-state index >= 15 is 0 Å². The van der Waals surface area contributed by atoms with Gasteiger partial charge in [-0.25, -0.2) is 0 Å². The van der Waals surface area contributed by atoms with E-state index in [1.54, 1.807) is 7.11 Å². The number of aromatic nitrogens is 1. The first-order valence-electron chi connectivity index (χ1n) is 8.86. The molecule has 0 atom stereocenters. The molecule has 0 radical (unpaired) electrons. The van der Waals surface area contributed by atoms with Crippen LogP contribution in [0.4, 0.5) is 0 Å². The van der Waals surface area contributed by atoms with Gasteiger partial charge in [-0.1, -0.05) is 30.3 Å². The largest absolute Gasteiger partial charge is 0.497 e. The quantitative estimate of drug-likeness (QED) is 0.689. The van der Waals surface area contributed by atoms with E-state index in [-0.39, 0.29) is 18.0 Å². The van der Waals surface area contributed by atoms with Gasteiger partial charge < -0.3 is 20.4 Å². The predicted molar refractivity (Wildman–Crippen MR) is 102 cm³/mol. The molecule has 2 aromatic carbocycles. The molecule has 0 unspecified atom stereocenters. The summed E-state index contributed by atoms with van der Waals surface area (Å²) in [4.78, 5) is 11.4. The fraction of sp³-hybridized carbons (Fsp3) is 0.286. The Morgan fingerprint density at radius 2 is 1.92 bits per heavy atom. The van der Waals surface area contributed by atoms with E-state index in [0.29, 0.717) is 0 Å². The van der Waals surface area contributed by atoms with E-state index in [1.807, 2.05) is 41.1 Å². The molecule has 5 nitrogen and oxygen atoms in total. The van der Waals surface area contributed by atoms with Gasteiger partial charge in [-0.15, -0.1) is 0 Å². The van der Waals surface area contributed by atoms with Gasteiger partial charge >= 0.3 is 0 Å². The Morgan fingerprint density at radius 1 is 1.19 bits per heavy atom. The second-order valence-electron chi connectivity index (χ2n) is 6.93. The number of hydrogen-bond acceptors (Lipinski definition) is 3. The van der Waals surface area contributed by atoms with Gasteiger partial charge in [0.25, 0.3) is 0 Å². The minimum absolute atomic E-state index is 0.0408. The van der Waals surface area contributed by atoms with Gasteiger partial charge in [-0.2, -0.15) is 0 Å². The molecule has 0 saturated heterocycles. The van der Waals surface area contributed by atoms with Crippen LogP contribution < -0.4 is 15.8 Å². The van der Waals surface area contributed by atoms with Crippen LogP contribution in [0.2, 0.25) is 0 Å². The highest BCUT2D eigenvalue weighted by molar-refractivity contribution is 5.85. The van der Waals surface area contributed by atoms with Crippen molar-refractivity contribution in [2.24, 2.45) is 5.73 Å². The van der Waals surface area contributed by atoms with E-state index in [2.05, 4.69) is 23.5 Å². The minimum Gasteiger partial charge on any atom is -0.497 e. The Kier molecular flexibility index (Phi) is 4.17. The Morgan fingerprint density at radius 3 is 2.58 bits per heavy atom. The van der Waals surface area contributed by atoms with Crippen LogP contribution in [-0.2, 0) is 23.4 Å². The van der Waals surface area contributed by atoms with Crippen LogP contribution in [0.15, 0.2) is 54.7 Å². The van der Waals surface area contributed by atoms with Crippen molar-refractivity contribution in [1.29, 1.82) is 0 Å². The minimum atomic E-state index is -0.331. The number of ether oxygens (including phenoxy) is 1. The summed E-state index contributed by atoms with van der Waals surface area (Å²) in [5.74, 6) is 0.543. The van der Waals surface area contributed by atoms with E-state index in [4.69, 9.17) is 10.5 Å². The number of para-hydroxylation sites is 1. The van der Waals surface area contributed by atoms with Crippen LogP contribution in [0.3, 0.4) is 0 Å². The molecule has 1 aromatic heterocycles. The van der Waals surface area contributed by atoms with Gasteiger partial charge in [0.15, 0.2) is 0 Å². The number of hydrogen-bond donors (Lipinski definition) is 2. The van der Waals surface area contributed by atoms with Crippen molar-refractivity contribution in [1.82, 2.24) is 9.88 Å². The zero-order valence-electron chi connectivity index (χ0n) is 14.9. The van der Waals surface area contributed by atoms with Crippen LogP contribution in [0, 0.1) is 0 Å². The summed E-state index contributed by atoms with van der Waals surface area (Å²) in [6.07, 6.45) is 4.28. The third-order valence-corrected chi connectivity index (χ3v) is 5.21. The van der Waals surface area contributed by atoms with Gasteiger partial charge in [0.2, 0.25) is 5.91 Å². The van der Waals surface area contributed by atoms with Gasteiger partial charge in [0.1, 0.15) is 12.3 Å². The highest BCUT2D eigenvalue weighted by Gasteiger charge is 2.43. The number of benzene rings is 2. The number of methoxy groups -OCH3 is 1. The summed E-state index contributed by atoms with van der Waals surface area (Å²) in [6.45, 7) is 0.947. The molecule has 3 N–H and O–H groups in total. The lowest BCUT2D eigenvalue weighted by Crippen LogP contribution is -2.28. The first-order chi connectivity index (χ1) is 12.6. The highest BCUT2D eigenvalue weighted by Crippen LogP contribution is 2.46. The molecule has 1 aliphatic rings. The average Bonchev–Trinajstić information content (AvgIpc) is 3.38. The molecular formula is C21H23N3O2. The summed E-state index contributed by atoms with van der Waals surface area (Å²) in [5.41, 5.74) is 8.95. The van der Waals surface area contributed by atoms with Crippen molar-refractivity contribution in [3.8, 4) is 5.75 Å². The smallest absolute Gasteiger partial charge is 0.237 e. The molecule has 1 fully saturated rings. The number of nitrogens with zero attached hydrogens (tertiary/aromatic N) is 1. The number of fused-ring (bicyclic) bond motifs is 1. The van der Waals surface area contributed by atoms with Crippen molar-refractivity contribution >= 4 is 16.8 Å². The molecular weight excluding hydrogens is 326 g/mol. The third-order valence-electron chi connectivity index (χ3n) is 5.21. The topological polar surface area (TPSA) is 69.3 Å². The first kappa shape index (κ1) is 16.7. The molecule has 1 saturated carbocycles. The first-order valence-corrected chi connectivity index (χ1v) is 8.86. The average molecular weight is 349 g/mol. The third kappa shape index (κ3) is 3.06. The monoisotopic (exact) mass is 349 g/mol. The van der Waals surface area contributed by atoms with Crippen molar-refractivity contribution in [3.63, 3.8) is 0 Å². The van der Waals surface area contributed by atoms with Crippen LogP contribution in [0.5, 0.6) is 5.75 Å². The van der Waals surface area contributed by atoms with Crippen LogP contribution in [-0.4, -0.2) is 17.6 Å². The maximum Gasteiger partial charge on any atom is 0.237 e. The summed E-state index contributed by atoms with van der Waals surface area (Å²) >= 11 is 0. The second kappa shape index (κ2) is 6.50. The molecule has 5 heteroatoms. The SMILES string of the molecule is COc1ccc(C2(NCc3cn(CC(N)=O)c4ccccc34)CC2)cc1. The van der Waals surface area contributed by atoms with Gasteiger partial charge in [0, 0.05) is 29.2 Å². The van der Waals surface area contributed by atoms with Crippen LogP contribution >= 0.6 is 0 Å². The Bertz CT molecular complexity index is 940. The summed E-state index contributed by atoms with van der Waals surface area (Å²) in [5, 5.41) is 4.89. The molecule has 26 heavy (non-hydrogen) atoms. The van der Waals surface area contributed by atoms with Crippen LogP contribution in [0.25, 0.3) is 10.9 Å². The lowest BCUT2D eigenvalue weighted by atomic mass is 10.0. The molecule has 0 spiro atoms. The summed E-state index contributed by atoms with van der Waals surface area (Å²) < 4.78 is 7.19. The highest BCUT2D eigenvalue weighted by atomic mass is 16.5. The number of carbonyl (C=O) groups is 1. The summed E-state index contributed by atoms with van der Waals surface area (Å²) in [7, 11) is 1.68. The van der Waals surface area contributed by atoms with E-state index in [1.165, 1.54) is 11.1 Å². The number of nitrogens with two attached hydrogens (primary N) is 1. The van der Waals surface area contributed by atoms with Crippen molar-refractivity contribution in [2.45, 2.75) is 31.5 Å². The molecule has 134 valence electrons. The number of nitrogens with one attached hydrogen (secondary N) is 1. The van der Waals surface area contributed by atoms with Crippen LogP contribution in [0.1, 0.15) is 24.0 Å². The number of rotatable bonds is 7. The van der Waals surface area contributed by atoms with Crippen molar-refractivity contribution in [2.75, 3.05) is 7.11 Å². The molecule has 0 bridgehead atoms. The van der Waals surface area contributed by atoms with Gasteiger partial charge in [0.05, 0.1) is 7.11 Å². The lowest BCUT2D eigenvalue weighted by molar-refractivity contribution is -0.118. The lowest BCUT2D eigenvalue weighted by Gasteiger charge is -2.18. The molecule has 1 heterocycles. The Hall–Kier alpha value is -2.79. The Balaban J connectivity index is 1.57. The molecule has 4 rings (SSSR count). The predicted octanol–water partition coefficient (Wildman–Crippen LogP) is 2.91. The normalized spacial score (nSPS) is 15.1. The zero-order chi connectivity index (χ0) is 18.1. The maximum absolute atomic E-state index is 11.4. The Labute approximate surface area is 152 Å². The van der Waals surface area contributed by atoms with Gasteiger partial charge in [-0.05, 0) is 42.2 Å². The van der Waals surface area contributed by atoms with Crippen molar-refractivity contribution < 1.29 is 9.53 Å². The number of carbonyl (C=O) groups excluding carboxylic acids is 1. The molecule has 1 aliphatic carbocycles. The molecule has 0 aliphatic heterocycles. The number of amides is 1. The second-order valence-corrected chi connectivity index (χ2v) is 6.93. The fourth-order valence-electron chi connectivity index (χ4n) is 3.63. The van der Waals surface area contributed by atoms with Crippen molar-refractivity contribution in [3.05, 3.63) is 65.9 Å². The number of primary amides is 1.